The fourth-order valence-corrected chi connectivity index (χ4v) is 2.51. The maximum atomic E-state index is 12.7. The molecule has 0 fully saturated rings. The summed E-state index contributed by atoms with van der Waals surface area (Å²) in [6.07, 6.45) is -6.75. The van der Waals surface area contributed by atoms with Crippen molar-refractivity contribution in [3.05, 3.63) is 0 Å². The summed E-state index contributed by atoms with van der Waals surface area (Å²) in [5.41, 5.74) is 5.28. The molecule has 0 aliphatic carbocycles. The zero-order valence-electron chi connectivity index (χ0n) is 18.6. The summed E-state index contributed by atoms with van der Waals surface area (Å²) in [7, 11) is 0. The summed E-state index contributed by atoms with van der Waals surface area (Å²) in [6.45, 7) is 3.37. The first-order chi connectivity index (χ1) is 15.0. The molecule has 0 radical (unpaired) electrons. The highest BCUT2D eigenvalue weighted by molar-refractivity contribution is 5.87. The highest BCUT2D eigenvalue weighted by atomic mass is 16.6. The number of carbonyl (C=O) groups excluding carboxylic acids is 5. The van der Waals surface area contributed by atoms with Crippen molar-refractivity contribution in [1.29, 1.82) is 0 Å². The van der Waals surface area contributed by atoms with Crippen LogP contribution in [0.3, 0.4) is 0 Å². The van der Waals surface area contributed by atoms with Crippen LogP contribution in [0, 0.1) is 0 Å². The van der Waals surface area contributed by atoms with E-state index in [0.717, 1.165) is 27.7 Å². The molecule has 3 N–H and O–H groups in total. The zero-order chi connectivity index (χ0) is 24.7. The Kier molecular flexibility index (Phi) is 14.8. The molecule has 13 heteroatoms. The number of ether oxygens (including phenoxy) is 6. The van der Waals surface area contributed by atoms with Gasteiger partial charge in [-0.2, -0.15) is 0 Å². The number of carbonyl (C=O) groups is 5. The van der Waals surface area contributed by atoms with E-state index < -0.39 is 67.3 Å². The predicted octanol–water partition coefficient (Wildman–Crippen LogP) is -1.73. The molecule has 184 valence electrons. The van der Waals surface area contributed by atoms with E-state index in [1.54, 1.807) is 0 Å². The normalized spacial score (nSPS) is 14.4. The van der Waals surface area contributed by atoms with Crippen LogP contribution in [0.2, 0.25) is 0 Å². The van der Waals surface area contributed by atoms with Gasteiger partial charge in [0.25, 0.3) is 0 Å². The number of nitrogens with two attached hydrogens (primary N) is 1. The van der Waals surface area contributed by atoms with Crippen LogP contribution < -0.4 is 5.73 Å². The monoisotopic (exact) mass is 465 g/mol. The van der Waals surface area contributed by atoms with Gasteiger partial charge in [0.05, 0.1) is 26.4 Å². The van der Waals surface area contributed by atoms with E-state index in [2.05, 4.69) is 0 Å². The maximum Gasteiger partial charge on any atom is 0.303 e. The Hall–Kier alpha value is -2.61. The molecule has 13 nitrogen and oxygen atoms in total. The second-order valence-corrected chi connectivity index (χ2v) is 6.43. The summed E-state index contributed by atoms with van der Waals surface area (Å²) in [5.74, 6) is -4.44. The van der Waals surface area contributed by atoms with Crippen molar-refractivity contribution in [3.8, 4) is 0 Å². The van der Waals surface area contributed by atoms with Crippen LogP contribution in [-0.2, 0) is 52.4 Å². The third-order valence-electron chi connectivity index (χ3n) is 3.58. The molecular formula is C19H31NO12. The van der Waals surface area contributed by atoms with Gasteiger partial charge < -0.3 is 39.3 Å². The Morgan fingerprint density at radius 3 is 1.69 bits per heavy atom. The molecule has 0 aromatic heterocycles. The fourth-order valence-electron chi connectivity index (χ4n) is 2.51. The molecular weight excluding hydrogens is 434 g/mol. The summed E-state index contributed by atoms with van der Waals surface area (Å²) in [4.78, 5) is 59.1. The summed E-state index contributed by atoms with van der Waals surface area (Å²) < 4.78 is 30.4. The van der Waals surface area contributed by atoms with Gasteiger partial charge in [-0.25, -0.2) is 0 Å². The van der Waals surface area contributed by atoms with E-state index in [4.69, 9.17) is 34.2 Å². The minimum Gasteiger partial charge on any atom is -0.456 e. The number of hydrogen-bond acceptors (Lipinski definition) is 13. The number of esters is 4. The van der Waals surface area contributed by atoms with Crippen molar-refractivity contribution in [1.82, 2.24) is 0 Å². The van der Waals surface area contributed by atoms with E-state index >= 15 is 0 Å². The molecule has 0 aliphatic heterocycles. The Morgan fingerprint density at radius 1 is 0.719 bits per heavy atom. The van der Waals surface area contributed by atoms with Crippen LogP contribution in [-0.4, -0.2) is 98.8 Å². The molecule has 0 saturated carbocycles. The summed E-state index contributed by atoms with van der Waals surface area (Å²) in [6, 6.07) is 0. The topological polar surface area (TPSA) is 187 Å². The van der Waals surface area contributed by atoms with Gasteiger partial charge in [0, 0.05) is 34.2 Å². The van der Waals surface area contributed by atoms with Crippen molar-refractivity contribution in [2.24, 2.45) is 5.73 Å². The molecule has 4 atom stereocenters. The number of aliphatic hydroxyl groups excluding tert-OH is 1. The van der Waals surface area contributed by atoms with Crippen LogP contribution in [0.25, 0.3) is 0 Å². The van der Waals surface area contributed by atoms with Crippen molar-refractivity contribution in [2.45, 2.75) is 52.1 Å². The van der Waals surface area contributed by atoms with Crippen LogP contribution >= 0.6 is 0 Å². The maximum absolute atomic E-state index is 12.7. The first-order valence-electron chi connectivity index (χ1n) is 9.71. The minimum atomic E-state index is -1.80. The van der Waals surface area contributed by atoms with Crippen molar-refractivity contribution in [2.75, 3.05) is 39.6 Å². The number of Topliss-reactive ketones (excluding diaryl/α,β-unsaturated/α-hetero) is 1. The molecule has 0 rings (SSSR count). The Bertz CT molecular complexity index is 638. The molecule has 32 heavy (non-hydrogen) atoms. The van der Waals surface area contributed by atoms with Gasteiger partial charge in [-0.05, 0) is 0 Å². The largest absolute Gasteiger partial charge is 0.456 e. The van der Waals surface area contributed by atoms with Crippen molar-refractivity contribution in [3.63, 3.8) is 0 Å². The van der Waals surface area contributed by atoms with E-state index in [0.29, 0.717) is 13.2 Å². The van der Waals surface area contributed by atoms with Crippen LogP contribution in [0.15, 0.2) is 0 Å². The predicted molar refractivity (Wildman–Crippen MR) is 105 cm³/mol. The third kappa shape index (κ3) is 12.3. The molecule has 0 aromatic carbocycles. The standard InChI is InChI=1S/C19H31NO12/c1-11(22)29-16(9-21)18(31-13(3)24)19(32-14(4)25)17(30-12(2)23)15(26)10-28-8-7-27-6-5-20/h16-19,21H,5-10,20H2,1-4H3. The summed E-state index contributed by atoms with van der Waals surface area (Å²) >= 11 is 0. The van der Waals surface area contributed by atoms with E-state index in [-0.39, 0.29) is 13.2 Å². The second kappa shape index (κ2) is 16.1. The SMILES string of the molecule is CC(=O)OC(CO)C(OC(C)=O)C(OC(C)=O)C(OC(C)=O)C(=O)COCCOCCN. The minimum absolute atomic E-state index is 0.0108. The summed E-state index contributed by atoms with van der Waals surface area (Å²) in [5, 5.41) is 9.64. The van der Waals surface area contributed by atoms with E-state index in [1.165, 1.54) is 0 Å². The highest BCUT2D eigenvalue weighted by Gasteiger charge is 2.46. The number of hydrogen-bond donors (Lipinski definition) is 2. The lowest BCUT2D eigenvalue weighted by Gasteiger charge is -2.34. The van der Waals surface area contributed by atoms with Crippen molar-refractivity contribution >= 4 is 29.7 Å². The molecule has 0 bridgehead atoms. The van der Waals surface area contributed by atoms with Crippen LogP contribution in [0.5, 0.6) is 0 Å². The lowest BCUT2D eigenvalue weighted by molar-refractivity contribution is -0.201. The Morgan fingerprint density at radius 2 is 1.22 bits per heavy atom. The zero-order valence-corrected chi connectivity index (χ0v) is 18.6. The Labute approximate surface area is 185 Å². The molecule has 0 amide bonds. The first kappa shape index (κ1) is 29.4. The number of aliphatic hydroxyl groups is 1. The van der Waals surface area contributed by atoms with Gasteiger partial charge in [0.1, 0.15) is 6.61 Å². The first-order valence-corrected chi connectivity index (χ1v) is 9.71. The number of ketones is 1. The molecule has 0 aliphatic rings. The smallest absolute Gasteiger partial charge is 0.303 e. The average Bonchev–Trinajstić information content (AvgIpc) is 2.69. The fraction of sp³-hybridized carbons (Fsp3) is 0.737. The van der Waals surface area contributed by atoms with E-state index in [1.807, 2.05) is 0 Å². The highest BCUT2D eigenvalue weighted by Crippen LogP contribution is 2.20. The van der Waals surface area contributed by atoms with Gasteiger partial charge in [0.2, 0.25) is 11.9 Å². The number of rotatable bonds is 16. The third-order valence-corrected chi connectivity index (χ3v) is 3.58. The molecule has 0 aromatic rings. The molecule has 4 unspecified atom stereocenters. The lowest BCUT2D eigenvalue weighted by atomic mass is 9.99. The van der Waals surface area contributed by atoms with Crippen LogP contribution in [0.1, 0.15) is 27.7 Å². The average molecular weight is 465 g/mol. The molecule has 0 spiro atoms. The second-order valence-electron chi connectivity index (χ2n) is 6.43. The van der Waals surface area contributed by atoms with Gasteiger partial charge in [-0.15, -0.1) is 0 Å². The molecule has 0 saturated heterocycles. The quantitative estimate of drug-likeness (QED) is 0.149. The van der Waals surface area contributed by atoms with Crippen LogP contribution in [0.4, 0.5) is 0 Å². The van der Waals surface area contributed by atoms with Gasteiger partial charge >= 0.3 is 23.9 Å². The lowest BCUT2D eigenvalue weighted by Crippen LogP contribution is -2.55. The van der Waals surface area contributed by atoms with E-state index in [9.17, 15) is 29.1 Å². The molecule has 0 heterocycles. The van der Waals surface area contributed by atoms with Crippen molar-refractivity contribution < 1.29 is 57.5 Å². The van der Waals surface area contributed by atoms with Gasteiger partial charge in [0.15, 0.2) is 18.3 Å². The Balaban J connectivity index is 5.82. The van der Waals surface area contributed by atoms with Gasteiger partial charge in [-0.1, -0.05) is 0 Å². The van der Waals surface area contributed by atoms with Gasteiger partial charge in [-0.3, -0.25) is 24.0 Å².